The van der Waals surface area contributed by atoms with Crippen LogP contribution in [0.3, 0.4) is 0 Å². The number of rotatable bonds is 19. The molecule has 3 aromatic heterocycles. The normalized spacial score (nSPS) is 26.3. The van der Waals surface area contributed by atoms with Crippen LogP contribution in [0.25, 0.3) is 11.2 Å². The molecule has 5 rings (SSSR count). The second-order valence-corrected chi connectivity index (χ2v) is 16.1. The molecule has 0 aromatic carbocycles. The van der Waals surface area contributed by atoms with Crippen LogP contribution in [-0.4, -0.2) is 158 Å². The molecule has 320 valence electrons. The summed E-state index contributed by atoms with van der Waals surface area (Å²) in [5, 5.41) is 32.2. The Bertz CT molecular complexity index is 2100. The standard InChI is InChI=1S/C30H43N9O17P2/c1-3-4-5-19(41)37(2)15(10-51-9-8-40)29(44)56-23-16(54-27(21(23)42)39-14-35-20-25(32)33-13-34-26(20)39)11-52-57(46,47)24-17(12-53-58(48,49)50)55-28(22(24)43)38-7-6-18(31)36-30(38)45/h3,6-7,13-17,21-24,27-28,40,42-43H,1,4-5,8-12H2,2H3,(H,46,47)(H2,31,36,45)(H2,32,33,34)(H2,48,49,50)/t15-,16+,17+,21+,22+,23+,24+,27+,28+/m0/s1. The number of ether oxygens (including phenoxy) is 4. The molecule has 0 spiro atoms. The van der Waals surface area contributed by atoms with Gasteiger partial charge in [-0.2, -0.15) is 4.98 Å². The van der Waals surface area contributed by atoms with E-state index in [2.05, 4.69) is 31.0 Å². The molecule has 0 radical (unpaired) electrons. The van der Waals surface area contributed by atoms with E-state index < -0.39 is 114 Å². The summed E-state index contributed by atoms with van der Waals surface area (Å²) in [6.45, 7) is 0.437. The molecule has 26 nitrogen and oxygen atoms in total. The van der Waals surface area contributed by atoms with Crippen LogP contribution >= 0.6 is 15.4 Å². The van der Waals surface area contributed by atoms with Gasteiger partial charge in [0, 0.05) is 19.7 Å². The molecule has 2 fully saturated rings. The zero-order valence-corrected chi connectivity index (χ0v) is 32.4. The van der Waals surface area contributed by atoms with Gasteiger partial charge in [-0.1, -0.05) is 6.08 Å². The fourth-order valence-corrected chi connectivity index (χ4v) is 8.21. The minimum atomic E-state index is -5.28. The summed E-state index contributed by atoms with van der Waals surface area (Å²) in [6.07, 6.45) is -7.22. The number of imidazole rings is 1. The highest BCUT2D eigenvalue weighted by Gasteiger charge is 2.56. The SMILES string of the molecule is C=CCCC(=O)N(C)[C@@H](COCCO)C(=O)O[C@H]1[C@@H](O)[C@H](n2cnc3c(N)ncnc32)O[C@@H]1COP(=O)(O)[C@H]1[C@@H](O)[C@H](n2ccc(N)nc2=O)O[C@@H]1COP(=O)(O)O. The van der Waals surface area contributed by atoms with E-state index in [-0.39, 0.29) is 42.2 Å². The van der Waals surface area contributed by atoms with E-state index in [1.165, 1.54) is 24.0 Å². The number of aliphatic hydroxyl groups excluding tert-OH is 3. The van der Waals surface area contributed by atoms with Crippen molar-refractivity contribution in [1.29, 1.82) is 0 Å². The Morgan fingerprint density at radius 1 is 1.05 bits per heavy atom. The third-order valence-electron chi connectivity index (χ3n) is 9.10. The molecule has 1 amide bonds. The molecular formula is C30H43N9O17P2. The number of carbonyl (C=O) groups is 2. The first-order valence-electron chi connectivity index (χ1n) is 17.3. The van der Waals surface area contributed by atoms with E-state index in [9.17, 15) is 53.5 Å². The minimum Gasteiger partial charge on any atom is -0.455 e. The van der Waals surface area contributed by atoms with Gasteiger partial charge >= 0.3 is 27.1 Å². The highest BCUT2D eigenvalue weighted by molar-refractivity contribution is 7.53. The number of hydrogen-bond donors (Lipinski definition) is 8. The number of aliphatic hydroxyl groups is 3. The zero-order chi connectivity index (χ0) is 42.5. The van der Waals surface area contributed by atoms with Crippen molar-refractivity contribution in [3.63, 3.8) is 0 Å². The number of phosphoric ester groups is 1. The molecular weight excluding hydrogens is 820 g/mol. The summed E-state index contributed by atoms with van der Waals surface area (Å²) in [4.78, 5) is 86.0. The molecule has 0 saturated carbocycles. The highest BCUT2D eigenvalue weighted by atomic mass is 31.2. The number of fused-ring (bicyclic) bond motifs is 1. The van der Waals surface area contributed by atoms with Gasteiger partial charge in [0.1, 0.15) is 47.7 Å². The van der Waals surface area contributed by atoms with Crippen LogP contribution in [0, 0.1) is 0 Å². The van der Waals surface area contributed by atoms with Gasteiger partial charge in [0.15, 0.2) is 36.1 Å². The monoisotopic (exact) mass is 863 g/mol. The van der Waals surface area contributed by atoms with Gasteiger partial charge in [0.25, 0.3) is 0 Å². The number of phosphoric acid groups is 1. The Hall–Kier alpha value is -4.27. The van der Waals surface area contributed by atoms with Crippen molar-refractivity contribution in [3.8, 4) is 0 Å². The van der Waals surface area contributed by atoms with Crippen molar-refractivity contribution < 1.29 is 76.7 Å². The molecule has 10 atom stereocenters. The van der Waals surface area contributed by atoms with Crippen LogP contribution in [0.5, 0.6) is 0 Å². The number of nitrogen functional groups attached to an aromatic ring is 2. The maximum Gasteiger partial charge on any atom is 0.469 e. The molecule has 2 aliphatic heterocycles. The van der Waals surface area contributed by atoms with Crippen LogP contribution < -0.4 is 17.2 Å². The number of hydrogen-bond acceptors (Lipinski definition) is 20. The third kappa shape index (κ3) is 10.1. The van der Waals surface area contributed by atoms with Gasteiger partial charge in [0.05, 0.1) is 39.4 Å². The van der Waals surface area contributed by atoms with Crippen molar-refractivity contribution in [1.82, 2.24) is 34.0 Å². The lowest BCUT2D eigenvalue weighted by Crippen LogP contribution is -2.49. The van der Waals surface area contributed by atoms with E-state index >= 15 is 0 Å². The summed E-state index contributed by atoms with van der Waals surface area (Å²) in [5.41, 5.74) is 8.53. The first-order valence-corrected chi connectivity index (χ1v) is 20.4. The molecule has 10 N–H and O–H groups in total. The molecule has 0 aliphatic carbocycles. The Morgan fingerprint density at radius 2 is 1.74 bits per heavy atom. The number of allylic oxidation sites excluding steroid dienone is 1. The van der Waals surface area contributed by atoms with Crippen molar-refractivity contribution in [2.24, 2.45) is 0 Å². The maximum absolute atomic E-state index is 14.0. The van der Waals surface area contributed by atoms with Gasteiger partial charge in [-0.15, -0.1) is 6.58 Å². The topological polar surface area (TPSA) is 379 Å². The average Bonchev–Trinajstić information content (AvgIpc) is 3.83. The van der Waals surface area contributed by atoms with Crippen LogP contribution in [0.2, 0.25) is 0 Å². The average molecular weight is 864 g/mol. The summed E-state index contributed by atoms with van der Waals surface area (Å²) in [5.74, 6) is -1.87. The molecule has 2 saturated heterocycles. The van der Waals surface area contributed by atoms with Crippen LogP contribution in [0.4, 0.5) is 11.6 Å². The number of anilines is 2. The molecule has 1 unspecified atom stereocenters. The van der Waals surface area contributed by atoms with Gasteiger partial charge in [-0.25, -0.2) is 29.1 Å². The van der Waals surface area contributed by atoms with Gasteiger partial charge in [-0.3, -0.25) is 23.0 Å². The fourth-order valence-electron chi connectivity index (χ4n) is 6.23. The van der Waals surface area contributed by atoms with Gasteiger partial charge in [0.2, 0.25) is 5.91 Å². The second kappa shape index (κ2) is 18.8. The second-order valence-electron chi connectivity index (χ2n) is 12.9. The van der Waals surface area contributed by atoms with Crippen LogP contribution in [0.1, 0.15) is 25.3 Å². The summed E-state index contributed by atoms with van der Waals surface area (Å²) >= 11 is 0. The molecule has 5 heterocycles. The van der Waals surface area contributed by atoms with Gasteiger partial charge in [-0.05, 0) is 12.5 Å². The van der Waals surface area contributed by atoms with Crippen molar-refractivity contribution >= 4 is 50.1 Å². The number of nitrogens with two attached hydrogens (primary N) is 2. The Morgan fingerprint density at radius 3 is 2.41 bits per heavy atom. The lowest BCUT2D eigenvalue weighted by molar-refractivity contribution is -0.167. The number of nitrogens with zero attached hydrogens (tertiary/aromatic N) is 7. The number of amides is 1. The molecule has 3 aromatic rings. The third-order valence-corrected chi connectivity index (χ3v) is 11.5. The molecule has 58 heavy (non-hydrogen) atoms. The minimum absolute atomic E-state index is 0.0276. The lowest BCUT2D eigenvalue weighted by atomic mass is 10.1. The van der Waals surface area contributed by atoms with E-state index in [4.69, 9.17) is 34.9 Å². The molecule has 28 heteroatoms. The summed E-state index contributed by atoms with van der Waals surface area (Å²) in [6, 6.07) is -0.282. The number of esters is 1. The first kappa shape index (κ1) is 44.8. The van der Waals surface area contributed by atoms with Gasteiger partial charge < -0.3 is 69.8 Å². The van der Waals surface area contributed by atoms with E-state index in [0.29, 0.717) is 4.57 Å². The molecule has 2 aliphatic rings. The van der Waals surface area contributed by atoms with Crippen LogP contribution in [-0.2, 0) is 46.7 Å². The first-order chi connectivity index (χ1) is 27.4. The molecule has 0 bridgehead atoms. The zero-order valence-electron chi connectivity index (χ0n) is 30.6. The maximum atomic E-state index is 14.0. The lowest BCUT2D eigenvalue weighted by Gasteiger charge is -2.30. The summed E-state index contributed by atoms with van der Waals surface area (Å²) < 4.78 is 60.2. The Labute approximate surface area is 327 Å². The summed E-state index contributed by atoms with van der Waals surface area (Å²) in [7, 11) is -9.20. The highest BCUT2D eigenvalue weighted by Crippen LogP contribution is 2.56. The number of carbonyl (C=O) groups excluding carboxylic acids is 2. The predicted molar refractivity (Wildman–Crippen MR) is 194 cm³/mol. The Kier molecular flexibility index (Phi) is 14.5. The number of likely N-dealkylation sites (N-methyl/N-ethyl adjacent to an activating group) is 1. The van der Waals surface area contributed by atoms with Crippen molar-refractivity contribution in [2.45, 2.75) is 67.5 Å². The predicted octanol–water partition coefficient (Wildman–Crippen LogP) is -2.84. The van der Waals surface area contributed by atoms with Crippen molar-refractivity contribution in [2.75, 3.05) is 51.5 Å². The van der Waals surface area contributed by atoms with Crippen LogP contribution in [0.15, 0.2) is 42.4 Å². The smallest absolute Gasteiger partial charge is 0.455 e. The fraction of sp³-hybridized carbons (Fsp3) is 0.567. The quantitative estimate of drug-likeness (QED) is 0.0260. The van der Waals surface area contributed by atoms with E-state index in [1.807, 2.05) is 0 Å². The van der Waals surface area contributed by atoms with Crippen molar-refractivity contribution in [3.05, 3.63) is 48.1 Å². The number of aromatic nitrogens is 6. The van der Waals surface area contributed by atoms with E-state index in [0.717, 1.165) is 23.5 Å². The Balaban J connectivity index is 1.45. The largest absolute Gasteiger partial charge is 0.469 e. The van der Waals surface area contributed by atoms with E-state index in [1.54, 1.807) is 0 Å².